The molecular weight excluding hydrogens is 913 g/mol. The Balaban J connectivity index is 4.42. The van der Waals surface area contributed by atoms with Gasteiger partial charge >= 0.3 is 17.9 Å². The summed E-state index contributed by atoms with van der Waals surface area (Å²) in [6, 6.07) is 0. The number of carbonyl (C=O) groups excluding carboxylic acids is 3. The van der Waals surface area contributed by atoms with Gasteiger partial charge in [0.05, 0.1) is 0 Å². The zero-order valence-electron chi connectivity index (χ0n) is 48.8. The highest BCUT2D eigenvalue weighted by Crippen LogP contribution is 2.16. The van der Waals surface area contributed by atoms with Gasteiger partial charge in [-0.25, -0.2) is 0 Å². The average molecular weight is 1030 g/mol. The molecule has 426 valence electrons. The topological polar surface area (TPSA) is 78.9 Å². The lowest BCUT2D eigenvalue weighted by Gasteiger charge is -2.18. The molecule has 0 N–H and O–H groups in total. The van der Waals surface area contributed by atoms with Gasteiger partial charge in [-0.05, 0) is 116 Å². The molecule has 0 aromatic carbocycles. The summed E-state index contributed by atoms with van der Waals surface area (Å²) in [6.45, 7) is 6.52. The van der Waals surface area contributed by atoms with Crippen molar-refractivity contribution in [3.63, 3.8) is 0 Å². The van der Waals surface area contributed by atoms with Gasteiger partial charge in [-0.2, -0.15) is 0 Å². The van der Waals surface area contributed by atoms with Gasteiger partial charge in [-0.3, -0.25) is 14.4 Å². The number of esters is 3. The summed E-state index contributed by atoms with van der Waals surface area (Å²) in [4.78, 5) is 38.3. The SMILES string of the molecule is CC/C=C\C/C=C\C/C=C\C/C=C\CCCCCCCCC(=O)OCC(COC(=O)CCCCCCCCC/C=C\C/C=C\CCCCCC)OC(=O)CCCCCCCCCCC/C=C\CCCCCCCC. The van der Waals surface area contributed by atoms with Gasteiger partial charge in [0.15, 0.2) is 6.10 Å². The molecule has 6 nitrogen and oxygen atoms in total. The summed E-state index contributed by atoms with van der Waals surface area (Å²) in [5, 5.41) is 0. The van der Waals surface area contributed by atoms with Crippen molar-refractivity contribution in [2.45, 2.75) is 316 Å². The van der Waals surface area contributed by atoms with Gasteiger partial charge < -0.3 is 14.2 Å². The van der Waals surface area contributed by atoms with Gasteiger partial charge in [0.1, 0.15) is 13.2 Å². The van der Waals surface area contributed by atoms with Crippen molar-refractivity contribution in [1.29, 1.82) is 0 Å². The van der Waals surface area contributed by atoms with E-state index in [1.165, 1.54) is 167 Å². The van der Waals surface area contributed by atoms with Crippen LogP contribution in [-0.2, 0) is 28.6 Å². The van der Waals surface area contributed by atoms with Crippen LogP contribution >= 0.6 is 0 Å². The summed E-state index contributed by atoms with van der Waals surface area (Å²) < 4.78 is 16.9. The van der Waals surface area contributed by atoms with Gasteiger partial charge in [-0.1, -0.05) is 260 Å². The number of hydrogen-bond donors (Lipinski definition) is 0. The molecule has 1 unspecified atom stereocenters. The number of ether oxygens (including phenoxy) is 3. The van der Waals surface area contributed by atoms with E-state index in [4.69, 9.17) is 14.2 Å². The Morgan fingerprint density at radius 3 is 0.851 bits per heavy atom. The average Bonchev–Trinajstić information content (AvgIpc) is 3.40. The third-order valence-electron chi connectivity index (χ3n) is 13.6. The molecule has 0 heterocycles. The molecule has 0 aromatic heterocycles. The van der Waals surface area contributed by atoms with Crippen LogP contribution in [0.15, 0.2) is 85.1 Å². The second-order valence-electron chi connectivity index (χ2n) is 20.9. The standard InChI is InChI=1S/C68H118O6/c1-4-7-10-13-16-19-22-25-28-31-34-37-40-43-46-49-52-55-58-61-67(70)73-64-65(63-72-66(69)60-57-54-51-48-45-42-39-36-33-30-27-24-21-18-15-12-9-6-3)74-68(71)62-59-56-53-50-47-44-41-38-35-32-29-26-23-20-17-14-11-8-5-2/h7,10,16,19,21,24-26,28-30,33-34,37,65H,4-6,8-9,11-15,17-18,20,22-23,27,31-32,35-36,38-64H2,1-3H3/b10-7-,19-16-,24-21-,28-25-,29-26-,33-30-,37-34-. The zero-order chi connectivity index (χ0) is 53.6. The van der Waals surface area contributed by atoms with Crippen molar-refractivity contribution in [3.8, 4) is 0 Å². The Labute approximate surface area is 458 Å². The molecule has 0 aromatic rings. The van der Waals surface area contributed by atoms with Crippen LogP contribution in [0.25, 0.3) is 0 Å². The smallest absolute Gasteiger partial charge is 0.306 e. The van der Waals surface area contributed by atoms with Crippen LogP contribution in [0.4, 0.5) is 0 Å². The Morgan fingerprint density at radius 2 is 0.527 bits per heavy atom. The van der Waals surface area contributed by atoms with Crippen molar-refractivity contribution in [2.24, 2.45) is 0 Å². The fourth-order valence-corrected chi connectivity index (χ4v) is 8.87. The molecule has 0 amide bonds. The van der Waals surface area contributed by atoms with E-state index in [1.807, 2.05) is 0 Å². The van der Waals surface area contributed by atoms with E-state index in [9.17, 15) is 14.4 Å². The van der Waals surface area contributed by atoms with E-state index >= 15 is 0 Å². The zero-order valence-corrected chi connectivity index (χ0v) is 48.8. The van der Waals surface area contributed by atoms with Gasteiger partial charge in [0.2, 0.25) is 0 Å². The van der Waals surface area contributed by atoms with Crippen LogP contribution in [0, 0.1) is 0 Å². The van der Waals surface area contributed by atoms with E-state index in [0.717, 1.165) is 103 Å². The van der Waals surface area contributed by atoms with E-state index in [0.29, 0.717) is 19.3 Å². The third-order valence-corrected chi connectivity index (χ3v) is 13.6. The summed E-state index contributed by atoms with van der Waals surface area (Å²) in [7, 11) is 0. The molecule has 0 aliphatic heterocycles. The van der Waals surface area contributed by atoms with E-state index in [2.05, 4.69) is 106 Å². The second-order valence-corrected chi connectivity index (χ2v) is 20.9. The van der Waals surface area contributed by atoms with Crippen LogP contribution in [0.5, 0.6) is 0 Å². The lowest BCUT2D eigenvalue weighted by molar-refractivity contribution is -0.167. The Kier molecular flexibility index (Phi) is 59.3. The highest BCUT2D eigenvalue weighted by atomic mass is 16.6. The highest BCUT2D eigenvalue weighted by Gasteiger charge is 2.19. The maximum atomic E-state index is 12.9. The molecule has 0 rings (SSSR count). The number of carbonyl (C=O) groups is 3. The minimum Gasteiger partial charge on any atom is -0.462 e. The molecule has 0 aliphatic rings. The lowest BCUT2D eigenvalue weighted by atomic mass is 10.1. The third kappa shape index (κ3) is 59.5. The molecule has 0 fully saturated rings. The first-order valence-electron chi connectivity index (χ1n) is 31.6. The maximum Gasteiger partial charge on any atom is 0.306 e. The summed E-state index contributed by atoms with van der Waals surface area (Å²) in [6.07, 6.45) is 81.5. The quantitative estimate of drug-likeness (QED) is 0.0261. The Morgan fingerprint density at radius 1 is 0.284 bits per heavy atom. The molecular formula is C68H118O6. The normalized spacial score (nSPS) is 12.6. The molecule has 74 heavy (non-hydrogen) atoms. The maximum absolute atomic E-state index is 12.9. The highest BCUT2D eigenvalue weighted by molar-refractivity contribution is 5.71. The van der Waals surface area contributed by atoms with E-state index in [-0.39, 0.29) is 31.1 Å². The molecule has 6 heteroatoms. The molecule has 0 saturated heterocycles. The Bertz CT molecular complexity index is 1420. The molecule has 0 saturated carbocycles. The first-order chi connectivity index (χ1) is 36.5. The minimum absolute atomic E-state index is 0.0853. The first-order valence-corrected chi connectivity index (χ1v) is 31.6. The number of hydrogen-bond acceptors (Lipinski definition) is 6. The van der Waals surface area contributed by atoms with Crippen LogP contribution in [0.2, 0.25) is 0 Å². The largest absolute Gasteiger partial charge is 0.462 e. The van der Waals surface area contributed by atoms with Gasteiger partial charge in [0.25, 0.3) is 0 Å². The Hall–Kier alpha value is -3.41. The summed E-state index contributed by atoms with van der Waals surface area (Å²) >= 11 is 0. The van der Waals surface area contributed by atoms with Crippen LogP contribution in [-0.4, -0.2) is 37.2 Å². The summed E-state index contributed by atoms with van der Waals surface area (Å²) in [5.41, 5.74) is 0. The van der Waals surface area contributed by atoms with Crippen LogP contribution < -0.4 is 0 Å². The molecule has 0 aliphatic carbocycles. The van der Waals surface area contributed by atoms with Crippen molar-refractivity contribution < 1.29 is 28.6 Å². The van der Waals surface area contributed by atoms with Crippen LogP contribution in [0.3, 0.4) is 0 Å². The summed E-state index contributed by atoms with van der Waals surface area (Å²) in [5.74, 6) is -0.897. The number of allylic oxidation sites excluding steroid dienone is 14. The second kappa shape index (κ2) is 62.1. The van der Waals surface area contributed by atoms with Crippen LogP contribution in [0.1, 0.15) is 310 Å². The number of rotatable bonds is 57. The fraction of sp³-hybridized carbons (Fsp3) is 0.750. The van der Waals surface area contributed by atoms with Crippen molar-refractivity contribution in [1.82, 2.24) is 0 Å². The molecule has 1 atom stereocenters. The van der Waals surface area contributed by atoms with Crippen molar-refractivity contribution in [2.75, 3.05) is 13.2 Å². The van der Waals surface area contributed by atoms with Gasteiger partial charge in [-0.15, -0.1) is 0 Å². The monoisotopic (exact) mass is 1030 g/mol. The predicted molar refractivity (Wildman–Crippen MR) is 321 cm³/mol. The lowest BCUT2D eigenvalue weighted by Crippen LogP contribution is -2.30. The van der Waals surface area contributed by atoms with Gasteiger partial charge in [0, 0.05) is 19.3 Å². The predicted octanol–water partition coefficient (Wildman–Crippen LogP) is 21.5. The fourth-order valence-electron chi connectivity index (χ4n) is 8.87. The molecule has 0 radical (unpaired) electrons. The van der Waals surface area contributed by atoms with E-state index in [1.54, 1.807) is 0 Å². The first kappa shape index (κ1) is 70.6. The molecule has 0 bridgehead atoms. The van der Waals surface area contributed by atoms with Crippen molar-refractivity contribution in [3.05, 3.63) is 85.1 Å². The number of unbranched alkanes of at least 4 members (excludes halogenated alkanes) is 32. The van der Waals surface area contributed by atoms with Crippen molar-refractivity contribution >= 4 is 17.9 Å². The minimum atomic E-state index is -0.789. The van der Waals surface area contributed by atoms with E-state index < -0.39 is 6.10 Å². The molecule has 0 spiro atoms.